The van der Waals surface area contributed by atoms with Crippen molar-refractivity contribution in [2.45, 2.75) is 6.54 Å². The highest BCUT2D eigenvalue weighted by atomic mass is 16.2. The van der Waals surface area contributed by atoms with Crippen LogP contribution in [0.3, 0.4) is 0 Å². The zero-order valence-electron chi connectivity index (χ0n) is 14.8. The van der Waals surface area contributed by atoms with Gasteiger partial charge in [0.05, 0.1) is 5.56 Å². The van der Waals surface area contributed by atoms with Crippen LogP contribution in [0.4, 0.5) is 0 Å². The van der Waals surface area contributed by atoms with Gasteiger partial charge in [0, 0.05) is 19.3 Å². The Morgan fingerprint density at radius 2 is 1.81 bits per heavy atom. The van der Waals surface area contributed by atoms with Crippen LogP contribution in [0, 0.1) is 0 Å². The second-order valence-electron chi connectivity index (χ2n) is 5.66. The second-order valence-corrected chi connectivity index (χ2v) is 5.66. The lowest BCUT2D eigenvalue weighted by Gasteiger charge is -2.08. The molecule has 0 bridgehead atoms. The number of pyridine rings is 1. The van der Waals surface area contributed by atoms with Gasteiger partial charge >= 0.3 is 0 Å². The van der Waals surface area contributed by atoms with E-state index < -0.39 is 11.5 Å². The van der Waals surface area contributed by atoms with Crippen molar-refractivity contribution < 1.29 is 9.59 Å². The van der Waals surface area contributed by atoms with E-state index in [9.17, 15) is 14.4 Å². The van der Waals surface area contributed by atoms with Gasteiger partial charge in [0.1, 0.15) is 5.56 Å². The van der Waals surface area contributed by atoms with Crippen molar-refractivity contribution in [1.82, 2.24) is 15.6 Å². The Bertz CT molecular complexity index is 927. The van der Waals surface area contributed by atoms with E-state index in [1.165, 1.54) is 12.3 Å². The van der Waals surface area contributed by atoms with Crippen LogP contribution in [0.25, 0.3) is 0 Å². The number of aromatic amines is 1. The van der Waals surface area contributed by atoms with Crippen LogP contribution < -0.4 is 16.2 Å². The van der Waals surface area contributed by atoms with Crippen LogP contribution in [0.5, 0.6) is 0 Å². The fourth-order valence-corrected chi connectivity index (χ4v) is 2.29. The third-order valence-electron chi connectivity index (χ3n) is 3.75. The van der Waals surface area contributed by atoms with Gasteiger partial charge in [-0.1, -0.05) is 61.7 Å². The van der Waals surface area contributed by atoms with Crippen molar-refractivity contribution in [2.24, 2.45) is 0 Å². The maximum atomic E-state index is 12.3. The van der Waals surface area contributed by atoms with E-state index in [0.29, 0.717) is 6.54 Å². The first-order chi connectivity index (χ1) is 13.0. The standard InChI is InChI=1S/C21H21N3O3/c1-3-8-15(4-2)12-23-20(26)18-11-17(14-24-21(18)27)19(25)22-13-16-9-6-5-7-10-16/h3-11,14H,1-2,12-13H2,(H,22,25)(H,23,26)(H,24,27)/b15-8+. The van der Waals surface area contributed by atoms with Crippen LogP contribution in [-0.2, 0) is 6.54 Å². The molecule has 27 heavy (non-hydrogen) atoms. The average molecular weight is 363 g/mol. The molecule has 6 nitrogen and oxygen atoms in total. The summed E-state index contributed by atoms with van der Waals surface area (Å²) in [6.45, 7) is 7.76. The molecule has 2 rings (SSSR count). The molecular weight excluding hydrogens is 342 g/mol. The molecule has 0 spiro atoms. The molecule has 0 saturated carbocycles. The van der Waals surface area contributed by atoms with E-state index in [-0.39, 0.29) is 23.6 Å². The molecule has 6 heteroatoms. The molecule has 2 amide bonds. The highest BCUT2D eigenvalue weighted by Crippen LogP contribution is 2.03. The molecule has 0 aliphatic rings. The number of nitrogens with one attached hydrogen (secondary N) is 3. The quantitative estimate of drug-likeness (QED) is 0.629. The predicted molar refractivity (Wildman–Crippen MR) is 105 cm³/mol. The Labute approximate surface area is 157 Å². The molecule has 3 N–H and O–H groups in total. The van der Waals surface area contributed by atoms with Crippen molar-refractivity contribution in [3.63, 3.8) is 0 Å². The lowest BCUT2D eigenvalue weighted by atomic mass is 10.1. The third kappa shape index (κ3) is 5.67. The van der Waals surface area contributed by atoms with Gasteiger partial charge in [0.2, 0.25) is 0 Å². The number of carbonyl (C=O) groups excluding carboxylic acids is 2. The smallest absolute Gasteiger partial charge is 0.260 e. The topological polar surface area (TPSA) is 91.1 Å². The lowest BCUT2D eigenvalue weighted by Crippen LogP contribution is -2.32. The van der Waals surface area contributed by atoms with Crippen molar-refractivity contribution in [2.75, 3.05) is 6.54 Å². The van der Waals surface area contributed by atoms with Crippen LogP contribution in [0.2, 0.25) is 0 Å². The zero-order valence-corrected chi connectivity index (χ0v) is 14.8. The maximum Gasteiger partial charge on any atom is 0.260 e. The number of rotatable bonds is 8. The second kappa shape index (κ2) is 9.72. The number of carbonyl (C=O) groups is 2. The molecule has 0 atom stereocenters. The van der Waals surface area contributed by atoms with Gasteiger partial charge in [0.15, 0.2) is 0 Å². The SMILES string of the molecule is C=C/C=C(\C=C)CNC(=O)c1cc(C(=O)NCc2ccccc2)c[nH]c1=O. The third-order valence-corrected chi connectivity index (χ3v) is 3.75. The van der Waals surface area contributed by atoms with Gasteiger partial charge in [-0.2, -0.15) is 0 Å². The van der Waals surface area contributed by atoms with Gasteiger partial charge in [-0.25, -0.2) is 0 Å². The summed E-state index contributed by atoms with van der Waals surface area (Å²) in [5.41, 5.74) is 1.18. The Kier molecular flexibility index (Phi) is 7.07. The Balaban J connectivity index is 2.08. The van der Waals surface area contributed by atoms with Crippen LogP contribution in [-0.4, -0.2) is 23.3 Å². The van der Waals surface area contributed by atoms with E-state index in [2.05, 4.69) is 28.8 Å². The monoisotopic (exact) mass is 363 g/mol. The average Bonchev–Trinajstić information content (AvgIpc) is 2.70. The Morgan fingerprint density at radius 1 is 1.07 bits per heavy atom. The molecule has 1 aromatic carbocycles. The summed E-state index contributed by atoms with van der Waals surface area (Å²) in [6.07, 6.45) is 6.14. The van der Waals surface area contributed by atoms with Crippen molar-refractivity contribution in [1.29, 1.82) is 0 Å². The molecule has 1 aromatic heterocycles. The highest BCUT2D eigenvalue weighted by Gasteiger charge is 2.14. The van der Waals surface area contributed by atoms with Crippen molar-refractivity contribution in [3.05, 3.63) is 107 Å². The minimum Gasteiger partial charge on any atom is -0.348 e. The van der Waals surface area contributed by atoms with Gasteiger partial charge in [-0.05, 0) is 17.2 Å². The van der Waals surface area contributed by atoms with Gasteiger partial charge in [-0.15, -0.1) is 0 Å². The van der Waals surface area contributed by atoms with Crippen LogP contribution >= 0.6 is 0 Å². The molecular formula is C21H21N3O3. The molecule has 0 aliphatic carbocycles. The van der Waals surface area contributed by atoms with E-state index in [0.717, 1.165) is 11.1 Å². The summed E-state index contributed by atoms with van der Waals surface area (Å²) < 4.78 is 0. The summed E-state index contributed by atoms with van der Waals surface area (Å²) in [7, 11) is 0. The summed E-state index contributed by atoms with van der Waals surface area (Å²) in [6, 6.07) is 10.7. The molecule has 0 unspecified atom stereocenters. The van der Waals surface area contributed by atoms with Crippen LogP contribution in [0.1, 0.15) is 26.3 Å². The first-order valence-corrected chi connectivity index (χ1v) is 8.32. The lowest BCUT2D eigenvalue weighted by molar-refractivity contribution is 0.0950. The maximum absolute atomic E-state index is 12.3. The van der Waals surface area contributed by atoms with Crippen LogP contribution in [0.15, 0.2) is 84.3 Å². The minimum atomic E-state index is -0.578. The van der Waals surface area contributed by atoms with E-state index in [4.69, 9.17) is 0 Å². The molecule has 1 heterocycles. The normalized spacial score (nSPS) is 10.7. The number of hydrogen-bond acceptors (Lipinski definition) is 3. The summed E-state index contributed by atoms with van der Waals surface area (Å²) in [5.74, 6) is -0.965. The molecule has 2 aromatic rings. The first-order valence-electron chi connectivity index (χ1n) is 8.32. The van der Waals surface area contributed by atoms with Crippen molar-refractivity contribution in [3.8, 4) is 0 Å². The van der Waals surface area contributed by atoms with Crippen molar-refractivity contribution >= 4 is 11.8 Å². The Hall–Kier alpha value is -3.67. The first kappa shape index (κ1) is 19.7. The molecule has 138 valence electrons. The summed E-state index contributed by atoms with van der Waals surface area (Å²) >= 11 is 0. The number of allylic oxidation sites excluding steroid dienone is 2. The molecule has 0 radical (unpaired) electrons. The van der Waals surface area contributed by atoms with Gasteiger partial charge in [0.25, 0.3) is 17.4 Å². The predicted octanol–water partition coefficient (Wildman–Crippen LogP) is 2.33. The number of aromatic nitrogens is 1. The number of amides is 2. The van der Waals surface area contributed by atoms with E-state index >= 15 is 0 Å². The molecule has 0 aliphatic heterocycles. The van der Waals surface area contributed by atoms with E-state index in [1.807, 2.05) is 30.3 Å². The van der Waals surface area contributed by atoms with Gasteiger partial charge in [-0.3, -0.25) is 14.4 Å². The fraction of sp³-hybridized carbons (Fsp3) is 0.0952. The molecule has 0 saturated heterocycles. The number of benzene rings is 1. The van der Waals surface area contributed by atoms with Gasteiger partial charge < -0.3 is 15.6 Å². The molecule has 0 fully saturated rings. The largest absolute Gasteiger partial charge is 0.348 e. The van der Waals surface area contributed by atoms with E-state index in [1.54, 1.807) is 18.2 Å². The minimum absolute atomic E-state index is 0.135. The summed E-state index contributed by atoms with van der Waals surface area (Å²) in [4.78, 5) is 39.0. The number of H-pyrrole nitrogens is 1. The highest BCUT2D eigenvalue weighted by molar-refractivity contribution is 5.99. The summed E-state index contributed by atoms with van der Waals surface area (Å²) in [5, 5.41) is 5.37. The fourth-order valence-electron chi connectivity index (χ4n) is 2.29. The Morgan fingerprint density at radius 3 is 2.48 bits per heavy atom. The number of hydrogen-bond donors (Lipinski definition) is 3. The zero-order chi connectivity index (χ0) is 19.6.